The predicted molar refractivity (Wildman–Crippen MR) is 102 cm³/mol. The Morgan fingerprint density at radius 2 is 1.74 bits per heavy atom. The summed E-state index contributed by atoms with van der Waals surface area (Å²) in [6.45, 7) is -0.101. The van der Waals surface area contributed by atoms with E-state index in [0.717, 1.165) is 5.56 Å². The number of para-hydroxylation sites is 2. The van der Waals surface area contributed by atoms with Crippen LogP contribution in [0, 0.1) is 0 Å². The average Bonchev–Trinajstić information content (AvgIpc) is 2.70. The largest absolute Gasteiger partial charge is 0.497 e. The van der Waals surface area contributed by atoms with Crippen LogP contribution in [0.5, 0.6) is 23.0 Å². The van der Waals surface area contributed by atoms with Crippen molar-refractivity contribution in [1.82, 2.24) is 9.97 Å². The molecular weight excluding hydrogens is 346 g/mol. The molecule has 1 heterocycles. The maximum atomic E-state index is 9.44. The number of ether oxygens (including phenoxy) is 3. The second kappa shape index (κ2) is 8.37. The van der Waals surface area contributed by atoms with E-state index in [1.807, 2.05) is 36.4 Å². The summed E-state index contributed by atoms with van der Waals surface area (Å²) in [5.41, 5.74) is 7.43. The molecule has 0 saturated carbocycles. The van der Waals surface area contributed by atoms with E-state index < -0.39 is 0 Å². The minimum atomic E-state index is -0.101. The molecule has 1 aromatic heterocycles. The number of nitrogens with zero attached hydrogens (tertiary/aromatic N) is 2. The lowest BCUT2D eigenvalue weighted by Crippen LogP contribution is -2.07. The van der Waals surface area contributed by atoms with E-state index in [0.29, 0.717) is 34.5 Å². The number of aromatic nitrogens is 2. The van der Waals surface area contributed by atoms with Crippen molar-refractivity contribution in [3.05, 3.63) is 54.2 Å². The van der Waals surface area contributed by atoms with Gasteiger partial charge >= 0.3 is 0 Å². The molecule has 0 fully saturated rings. The highest BCUT2D eigenvalue weighted by Crippen LogP contribution is 2.36. The highest BCUT2D eigenvalue weighted by atomic mass is 16.5. The number of anilines is 1. The molecule has 0 atom stereocenters. The molecule has 0 unspecified atom stereocenters. The molecule has 27 heavy (non-hydrogen) atoms. The van der Waals surface area contributed by atoms with E-state index in [9.17, 15) is 5.11 Å². The normalized spacial score (nSPS) is 10.5. The van der Waals surface area contributed by atoms with Crippen molar-refractivity contribution >= 4 is 5.82 Å². The van der Waals surface area contributed by atoms with Crippen LogP contribution in [-0.4, -0.2) is 35.9 Å². The van der Waals surface area contributed by atoms with Gasteiger partial charge in [0.1, 0.15) is 5.75 Å². The molecule has 3 N–H and O–H groups in total. The molecule has 0 aliphatic heterocycles. The number of rotatable bonds is 7. The Labute approximate surface area is 157 Å². The molecule has 0 saturated heterocycles. The Balaban J connectivity index is 2.04. The van der Waals surface area contributed by atoms with E-state index in [1.165, 1.54) is 0 Å². The molecule has 3 rings (SSSR count). The Morgan fingerprint density at radius 1 is 0.963 bits per heavy atom. The number of methoxy groups -OCH3 is 2. The maximum absolute atomic E-state index is 9.44. The van der Waals surface area contributed by atoms with E-state index >= 15 is 0 Å². The molecule has 0 aliphatic carbocycles. The molecule has 0 amide bonds. The van der Waals surface area contributed by atoms with Crippen LogP contribution in [0.3, 0.4) is 0 Å². The Morgan fingerprint density at radius 3 is 2.44 bits per heavy atom. The summed E-state index contributed by atoms with van der Waals surface area (Å²) in [4.78, 5) is 8.93. The number of benzene rings is 2. The van der Waals surface area contributed by atoms with E-state index in [-0.39, 0.29) is 18.8 Å². The summed E-state index contributed by atoms with van der Waals surface area (Å²) < 4.78 is 16.5. The third-order valence-electron chi connectivity index (χ3n) is 3.92. The molecule has 0 radical (unpaired) electrons. The fraction of sp³-hybridized carbons (Fsp3) is 0.200. The van der Waals surface area contributed by atoms with Crippen molar-refractivity contribution in [2.24, 2.45) is 0 Å². The van der Waals surface area contributed by atoms with Crippen molar-refractivity contribution in [2.45, 2.75) is 6.42 Å². The monoisotopic (exact) mass is 367 g/mol. The third kappa shape index (κ3) is 4.09. The lowest BCUT2D eigenvalue weighted by Gasteiger charge is -2.15. The number of nitrogens with two attached hydrogens (primary N) is 1. The lowest BCUT2D eigenvalue weighted by molar-refractivity contribution is 0.295. The van der Waals surface area contributed by atoms with Crippen LogP contribution in [0.25, 0.3) is 11.4 Å². The van der Waals surface area contributed by atoms with Crippen molar-refractivity contribution in [3.8, 4) is 34.4 Å². The minimum Gasteiger partial charge on any atom is -0.497 e. The van der Waals surface area contributed by atoms with E-state index in [1.54, 1.807) is 26.4 Å². The standard InChI is InChI=1S/C20H21N3O4/c1-25-14-7-5-6-13(12-14)20-22-15(10-11-24)18(19(21)23-20)27-17-9-4-3-8-16(17)26-2/h3-9,12,24H,10-11H2,1-2H3,(H2,21,22,23). The lowest BCUT2D eigenvalue weighted by atomic mass is 10.2. The number of hydrogen-bond acceptors (Lipinski definition) is 7. The molecule has 3 aromatic rings. The predicted octanol–water partition coefficient (Wildman–Crippen LogP) is 3.07. The van der Waals surface area contributed by atoms with Gasteiger partial charge in [0.05, 0.1) is 19.9 Å². The first-order valence-corrected chi connectivity index (χ1v) is 8.38. The van der Waals surface area contributed by atoms with Crippen molar-refractivity contribution < 1.29 is 19.3 Å². The van der Waals surface area contributed by atoms with Gasteiger partial charge in [0.2, 0.25) is 0 Å². The number of aliphatic hydroxyl groups excluding tert-OH is 1. The smallest absolute Gasteiger partial charge is 0.191 e. The van der Waals surface area contributed by atoms with Gasteiger partial charge in [-0.2, -0.15) is 0 Å². The zero-order valence-corrected chi connectivity index (χ0v) is 15.2. The molecule has 7 nitrogen and oxygen atoms in total. The first-order valence-electron chi connectivity index (χ1n) is 8.38. The number of aliphatic hydroxyl groups is 1. The van der Waals surface area contributed by atoms with Gasteiger partial charge in [0, 0.05) is 18.6 Å². The van der Waals surface area contributed by atoms with Gasteiger partial charge in [0.15, 0.2) is 28.9 Å². The quantitative estimate of drug-likeness (QED) is 0.662. The molecule has 7 heteroatoms. The average molecular weight is 367 g/mol. The van der Waals surface area contributed by atoms with Crippen LogP contribution in [0.2, 0.25) is 0 Å². The van der Waals surface area contributed by atoms with Gasteiger partial charge in [-0.05, 0) is 24.3 Å². The Kier molecular flexibility index (Phi) is 5.73. The number of hydrogen-bond donors (Lipinski definition) is 2. The summed E-state index contributed by atoms with van der Waals surface area (Å²) >= 11 is 0. The van der Waals surface area contributed by atoms with E-state index in [2.05, 4.69) is 9.97 Å². The third-order valence-corrected chi connectivity index (χ3v) is 3.92. The van der Waals surface area contributed by atoms with Gasteiger partial charge in [-0.25, -0.2) is 9.97 Å². The minimum absolute atomic E-state index is 0.101. The van der Waals surface area contributed by atoms with Crippen LogP contribution >= 0.6 is 0 Å². The van der Waals surface area contributed by atoms with Gasteiger partial charge in [-0.1, -0.05) is 24.3 Å². The number of nitrogen functional groups attached to an aromatic ring is 1. The first-order chi connectivity index (χ1) is 13.2. The Hall–Kier alpha value is -3.32. The van der Waals surface area contributed by atoms with Crippen LogP contribution in [0.4, 0.5) is 5.82 Å². The Bertz CT molecular complexity index is 931. The van der Waals surface area contributed by atoms with Gasteiger partial charge in [-0.15, -0.1) is 0 Å². The summed E-state index contributed by atoms with van der Waals surface area (Å²) in [7, 11) is 3.15. The molecular formula is C20H21N3O4. The van der Waals surface area contributed by atoms with Crippen molar-refractivity contribution in [3.63, 3.8) is 0 Å². The zero-order valence-electron chi connectivity index (χ0n) is 15.2. The fourth-order valence-corrected chi connectivity index (χ4v) is 2.61. The summed E-state index contributed by atoms with van der Waals surface area (Å²) in [6.07, 6.45) is 0.272. The molecule has 0 spiro atoms. The SMILES string of the molecule is COc1cccc(-c2nc(N)c(Oc3ccccc3OC)c(CCO)n2)c1. The summed E-state index contributed by atoms with van der Waals surface area (Å²) in [5, 5.41) is 9.44. The topological polar surface area (TPSA) is 99.7 Å². The molecule has 0 aliphatic rings. The van der Waals surface area contributed by atoms with Crippen LogP contribution in [0.1, 0.15) is 5.69 Å². The summed E-state index contributed by atoms with van der Waals surface area (Å²) in [5.74, 6) is 2.65. The first kappa shape index (κ1) is 18.5. The zero-order chi connectivity index (χ0) is 19.2. The fourth-order valence-electron chi connectivity index (χ4n) is 2.61. The second-order valence-corrected chi connectivity index (χ2v) is 5.67. The van der Waals surface area contributed by atoms with Crippen LogP contribution in [0.15, 0.2) is 48.5 Å². The highest BCUT2D eigenvalue weighted by Gasteiger charge is 2.17. The summed E-state index contributed by atoms with van der Waals surface area (Å²) in [6, 6.07) is 14.6. The van der Waals surface area contributed by atoms with E-state index in [4.69, 9.17) is 19.9 Å². The van der Waals surface area contributed by atoms with Gasteiger partial charge in [0.25, 0.3) is 0 Å². The second-order valence-electron chi connectivity index (χ2n) is 5.67. The molecule has 140 valence electrons. The van der Waals surface area contributed by atoms with Crippen LogP contribution in [-0.2, 0) is 6.42 Å². The molecule has 2 aromatic carbocycles. The van der Waals surface area contributed by atoms with Crippen molar-refractivity contribution in [2.75, 3.05) is 26.6 Å². The maximum Gasteiger partial charge on any atom is 0.191 e. The van der Waals surface area contributed by atoms with Crippen LogP contribution < -0.4 is 19.9 Å². The molecule has 0 bridgehead atoms. The van der Waals surface area contributed by atoms with Gasteiger partial charge < -0.3 is 25.1 Å². The highest BCUT2D eigenvalue weighted by molar-refractivity contribution is 5.63. The van der Waals surface area contributed by atoms with Crippen molar-refractivity contribution in [1.29, 1.82) is 0 Å². The van der Waals surface area contributed by atoms with Gasteiger partial charge in [-0.3, -0.25) is 0 Å².